The second-order valence-electron chi connectivity index (χ2n) is 3.46. The van der Waals surface area contributed by atoms with Crippen molar-refractivity contribution in [2.45, 2.75) is 0 Å². The molecule has 1 heterocycles. The number of carboxylic acids is 1. The fourth-order valence-corrected chi connectivity index (χ4v) is 1.76. The van der Waals surface area contributed by atoms with Gasteiger partial charge in [0.05, 0.1) is 11.1 Å². The van der Waals surface area contributed by atoms with Crippen molar-refractivity contribution < 1.29 is 29.0 Å². The van der Waals surface area contributed by atoms with E-state index in [0.717, 1.165) is 18.2 Å². The Morgan fingerprint density at radius 2 is 1.94 bits per heavy atom. The van der Waals surface area contributed by atoms with Crippen molar-refractivity contribution >= 4 is 29.3 Å². The molecular weight excluding hydrogens is 245 g/mol. The highest BCUT2D eigenvalue weighted by molar-refractivity contribution is 6.05. The van der Waals surface area contributed by atoms with Crippen molar-refractivity contribution in [3.63, 3.8) is 0 Å². The third-order valence-corrected chi connectivity index (χ3v) is 2.50. The van der Waals surface area contributed by atoms with Gasteiger partial charge < -0.3 is 10.2 Å². The number of hydrogen-bond acceptors (Lipinski definition) is 3. The Kier molecular flexibility index (Phi) is 2.59. The van der Waals surface area contributed by atoms with Gasteiger partial charge in [-0.15, -0.1) is 0 Å². The molecule has 2 rings (SSSR count). The van der Waals surface area contributed by atoms with E-state index in [1.54, 1.807) is 0 Å². The summed E-state index contributed by atoms with van der Waals surface area (Å²) < 4.78 is 13.8. The summed E-state index contributed by atoms with van der Waals surface area (Å²) in [6.45, 7) is 0. The van der Waals surface area contributed by atoms with Gasteiger partial charge in [0.1, 0.15) is 11.5 Å². The predicted octanol–water partition coefficient (Wildman–Crippen LogP) is 1.82. The minimum absolute atomic E-state index is 0.0511. The van der Waals surface area contributed by atoms with Crippen molar-refractivity contribution in [1.82, 2.24) is 4.57 Å². The molecule has 0 aliphatic carbocycles. The van der Waals surface area contributed by atoms with Crippen LogP contribution in [0.1, 0.15) is 20.8 Å². The molecule has 1 aromatic carbocycles. The summed E-state index contributed by atoms with van der Waals surface area (Å²) in [5.74, 6) is -2.32. The molecule has 0 amide bonds. The molecule has 2 N–H and O–H groups in total. The predicted molar refractivity (Wildman–Crippen MR) is 57.7 cm³/mol. The molecule has 0 radical (unpaired) electrons. The van der Waals surface area contributed by atoms with E-state index >= 15 is 0 Å². The number of nitrogens with zero attached hydrogens (tertiary/aromatic N) is 1. The second-order valence-corrected chi connectivity index (χ2v) is 3.46. The molecule has 0 bridgehead atoms. The number of aromatic carboxylic acids is 1. The van der Waals surface area contributed by atoms with Crippen LogP contribution < -0.4 is 0 Å². The van der Waals surface area contributed by atoms with E-state index in [4.69, 9.17) is 10.2 Å². The van der Waals surface area contributed by atoms with Gasteiger partial charge in [0.2, 0.25) is 0 Å². The average molecular weight is 251 g/mol. The van der Waals surface area contributed by atoms with Crippen molar-refractivity contribution in [3.05, 3.63) is 35.3 Å². The zero-order valence-electron chi connectivity index (χ0n) is 8.75. The second kappa shape index (κ2) is 3.95. The molecule has 7 heteroatoms. The zero-order chi connectivity index (χ0) is 13.4. The Labute approximate surface area is 98.9 Å². The number of rotatable bonds is 2. The lowest BCUT2D eigenvalue weighted by Crippen LogP contribution is -2.14. The quantitative estimate of drug-likeness (QED) is 0.793. The van der Waals surface area contributed by atoms with Crippen LogP contribution in [0, 0.1) is 5.82 Å². The molecule has 0 saturated carbocycles. The van der Waals surface area contributed by atoms with E-state index in [1.165, 1.54) is 0 Å². The van der Waals surface area contributed by atoms with Crippen LogP contribution in [0.4, 0.5) is 9.18 Å². The number of carbonyl (C=O) groups excluding carboxylic acids is 1. The normalized spacial score (nSPS) is 10.5. The van der Waals surface area contributed by atoms with Crippen LogP contribution in [0.25, 0.3) is 10.9 Å². The summed E-state index contributed by atoms with van der Waals surface area (Å²) in [6.07, 6.45) is -1.30. The van der Waals surface area contributed by atoms with Gasteiger partial charge in [-0.25, -0.2) is 18.5 Å². The highest BCUT2D eigenvalue weighted by atomic mass is 19.1. The van der Waals surface area contributed by atoms with Gasteiger partial charge in [-0.05, 0) is 18.2 Å². The van der Waals surface area contributed by atoms with E-state index in [0.29, 0.717) is 4.57 Å². The lowest BCUT2D eigenvalue weighted by atomic mass is 10.1. The first kappa shape index (κ1) is 11.8. The number of aromatic nitrogens is 1. The lowest BCUT2D eigenvalue weighted by Gasteiger charge is -2.01. The molecule has 0 saturated heterocycles. The number of benzene rings is 1. The Bertz CT molecular complexity index is 688. The maximum atomic E-state index is 13.3. The highest BCUT2D eigenvalue weighted by Crippen LogP contribution is 2.24. The fraction of sp³-hybridized carbons (Fsp3) is 0. The summed E-state index contributed by atoms with van der Waals surface area (Å²) in [7, 11) is 0. The molecule has 92 valence electrons. The molecule has 18 heavy (non-hydrogen) atoms. The summed E-state index contributed by atoms with van der Waals surface area (Å²) in [4.78, 5) is 32.7. The van der Waals surface area contributed by atoms with Gasteiger partial charge in [-0.2, -0.15) is 0 Å². The average Bonchev–Trinajstić information content (AvgIpc) is 2.68. The van der Waals surface area contributed by atoms with Crippen LogP contribution in [0.15, 0.2) is 18.2 Å². The molecule has 0 aliphatic rings. The summed E-state index contributed by atoms with van der Waals surface area (Å²) in [6, 6.07) is 2.98. The van der Waals surface area contributed by atoms with Crippen molar-refractivity contribution in [2.24, 2.45) is 0 Å². The molecular formula is C11H6FNO5. The number of carbonyl (C=O) groups is 3. The standard InChI is InChI=1S/C11H6FNO5/c12-7-1-2-8-5(6(7)4-14)3-9(10(15)16)13(8)11(17)18/h1-4H,(H,15,16)(H,17,18). The van der Waals surface area contributed by atoms with Gasteiger partial charge in [-0.3, -0.25) is 4.79 Å². The third kappa shape index (κ3) is 1.53. The van der Waals surface area contributed by atoms with Crippen LogP contribution in [-0.2, 0) is 0 Å². The first-order chi connectivity index (χ1) is 8.47. The lowest BCUT2D eigenvalue weighted by molar-refractivity contribution is 0.0684. The molecule has 2 aromatic rings. The summed E-state index contributed by atoms with van der Waals surface area (Å²) in [5, 5.41) is 17.8. The molecule has 0 unspecified atom stereocenters. The van der Waals surface area contributed by atoms with Crippen LogP contribution in [0.2, 0.25) is 0 Å². The minimum Gasteiger partial charge on any atom is -0.477 e. The zero-order valence-corrected chi connectivity index (χ0v) is 8.75. The molecule has 0 spiro atoms. The maximum Gasteiger partial charge on any atom is 0.416 e. The van der Waals surface area contributed by atoms with Crippen LogP contribution in [0.3, 0.4) is 0 Å². The van der Waals surface area contributed by atoms with Crippen LogP contribution in [-0.4, -0.2) is 33.1 Å². The molecule has 6 nitrogen and oxygen atoms in total. The number of hydrogen-bond donors (Lipinski definition) is 2. The third-order valence-electron chi connectivity index (χ3n) is 2.50. The minimum atomic E-state index is -1.52. The SMILES string of the molecule is O=Cc1c(F)ccc2c1cc(C(=O)O)n2C(=O)O. The topological polar surface area (TPSA) is 96.6 Å². The Morgan fingerprint density at radius 3 is 2.44 bits per heavy atom. The monoisotopic (exact) mass is 251 g/mol. The van der Waals surface area contributed by atoms with E-state index in [-0.39, 0.29) is 22.8 Å². The Hall–Kier alpha value is -2.70. The van der Waals surface area contributed by atoms with E-state index in [1.807, 2.05) is 0 Å². The maximum absolute atomic E-state index is 13.3. The molecule has 1 aromatic heterocycles. The number of carboxylic acid groups (broad SMARTS) is 2. The van der Waals surface area contributed by atoms with Gasteiger partial charge in [0.15, 0.2) is 6.29 Å². The number of fused-ring (bicyclic) bond motifs is 1. The number of halogens is 1. The first-order valence-electron chi connectivity index (χ1n) is 4.73. The fourth-order valence-electron chi connectivity index (χ4n) is 1.76. The van der Waals surface area contributed by atoms with Gasteiger partial charge in [-0.1, -0.05) is 0 Å². The molecule has 0 aliphatic heterocycles. The molecule has 0 atom stereocenters. The van der Waals surface area contributed by atoms with Crippen LogP contribution in [0.5, 0.6) is 0 Å². The van der Waals surface area contributed by atoms with Crippen LogP contribution >= 0.6 is 0 Å². The highest BCUT2D eigenvalue weighted by Gasteiger charge is 2.21. The van der Waals surface area contributed by atoms with E-state index in [9.17, 15) is 18.8 Å². The van der Waals surface area contributed by atoms with E-state index in [2.05, 4.69) is 0 Å². The Morgan fingerprint density at radius 1 is 1.28 bits per heavy atom. The summed E-state index contributed by atoms with van der Waals surface area (Å²) in [5.41, 5.74) is -0.968. The largest absolute Gasteiger partial charge is 0.477 e. The van der Waals surface area contributed by atoms with E-state index < -0.39 is 23.6 Å². The Balaban J connectivity index is 2.97. The van der Waals surface area contributed by atoms with Gasteiger partial charge >= 0.3 is 12.1 Å². The van der Waals surface area contributed by atoms with Gasteiger partial charge in [0.25, 0.3) is 0 Å². The van der Waals surface area contributed by atoms with Crippen molar-refractivity contribution in [2.75, 3.05) is 0 Å². The van der Waals surface area contributed by atoms with Crippen molar-refractivity contribution in [1.29, 1.82) is 0 Å². The summed E-state index contributed by atoms with van der Waals surface area (Å²) >= 11 is 0. The smallest absolute Gasteiger partial charge is 0.416 e. The number of aldehydes is 1. The van der Waals surface area contributed by atoms with Gasteiger partial charge in [0, 0.05) is 5.39 Å². The molecule has 0 fully saturated rings. The first-order valence-corrected chi connectivity index (χ1v) is 4.73. The van der Waals surface area contributed by atoms with Crippen molar-refractivity contribution in [3.8, 4) is 0 Å².